The van der Waals surface area contributed by atoms with Gasteiger partial charge in [-0.3, -0.25) is 9.59 Å². The molecule has 0 spiro atoms. The minimum Gasteiger partial charge on any atom is -0.339 e. The van der Waals surface area contributed by atoms with Crippen LogP contribution in [0.2, 0.25) is 0 Å². The summed E-state index contributed by atoms with van der Waals surface area (Å²) in [4.78, 5) is 27.3. The maximum Gasteiger partial charge on any atom is 0.243 e. The molecule has 0 bridgehead atoms. The Kier molecular flexibility index (Phi) is 5.12. The summed E-state index contributed by atoms with van der Waals surface area (Å²) in [5.74, 6) is 0.838. The zero-order chi connectivity index (χ0) is 17.2. The maximum absolute atomic E-state index is 12.6. The van der Waals surface area contributed by atoms with Gasteiger partial charge in [-0.05, 0) is 12.1 Å². The Balaban J connectivity index is 1.57. The largest absolute Gasteiger partial charge is 0.339 e. The SMILES string of the molecule is O=C(CN1CSCC1=O)N1CCN(S(=O)(=O)c2ccccc2)CC1. The topological polar surface area (TPSA) is 78.0 Å². The highest BCUT2D eigenvalue weighted by atomic mass is 32.2. The lowest BCUT2D eigenvalue weighted by atomic mass is 10.3. The van der Waals surface area contributed by atoms with E-state index in [9.17, 15) is 18.0 Å². The highest BCUT2D eigenvalue weighted by Crippen LogP contribution is 2.18. The van der Waals surface area contributed by atoms with Crippen LogP contribution in [0.5, 0.6) is 0 Å². The molecule has 0 radical (unpaired) electrons. The average Bonchev–Trinajstić information content (AvgIpc) is 3.00. The maximum atomic E-state index is 12.6. The van der Waals surface area contributed by atoms with Gasteiger partial charge in [0, 0.05) is 26.2 Å². The normalized spacial score (nSPS) is 19.8. The van der Waals surface area contributed by atoms with Gasteiger partial charge in [-0.1, -0.05) is 18.2 Å². The number of hydrogen-bond donors (Lipinski definition) is 0. The van der Waals surface area contributed by atoms with E-state index < -0.39 is 10.0 Å². The Labute approximate surface area is 145 Å². The highest BCUT2D eigenvalue weighted by molar-refractivity contribution is 8.00. The highest BCUT2D eigenvalue weighted by Gasteiger charge is 2.31. The summed E-state index contributed by atoms with van der Waals surface area (Å²) in [5.41, 5.74) is 0. The number of amides is 2. The number of benzene rings is 1. The van der Waals surface area contributed by atoms with Crippen molar-refractivity contribution in [2.45, 2.75) is 4.90 Å². The molecule has 0 atom stereocenters. The number of hydrogen-bond acceptors (Lipinski definition) is 5. The fraction of sp³-hybridized carbons (Fsp3) is 0.467. The molecule has 0 saturated carbocycles. The first-order valence-electron chi connectivity index (χ1n) is 7.67. The summed E-state index contributed by atoms with van der Waals surface area (Å²) >= 11 is 1.50. The van der Waals surface area contributed by atoms with Gasteiger partial charge in [-0.15, -0.1) is 11.8 Å². The molecule has 2 saturated heterocycles. The van der Waals surface area contributed by atoms with Crippen molar-refractivity contribution in [2.75, 3.05) is 44.4 Å². The van der Waals surface area contributed by atoms with Crippen LogP contribution < -0.4 is 0 Å². The van der Waals surface area contributed by atoms with E-state index in [2.05, 4.69) is 0 Å². The van der Waals surface area contributed by atoms with Crippen LogP contribution >= 0.6 is 11.8 Å². The van der Waals surface area contributed by atoms with Gasteiger partial charge in [-0.25, -0.2) is 8.42 Å². The second-order valence-electron chi connectivity index (χ2n) is 5.67. The van der Waals surface area contributed by atoms with Gasteiger partial charge in [0.2, 0.25) is 21.8 Å². The molecule has 7 nitrogen and oxygen atoms in total. The van der Waals surface area contributed by atoms with E-state index in [1.807, 2.05) is 0 Å². The third-order valence-electron chi connectivity index (χ3n) is 4.12. The molecule has 1 aromatic rings. The number of carbonyl (C=O) groups is 2. The monoisotopic (exact) mass is 369 g/mol. The van der Waals surface area contributed by atoms with E-state index in [0.717, 1.165) is 0 Å². The van der Waals surface area contributed by atoms with Crippen LogP contribution in [0.25, 0.3) is 0 Å². The third-order valence-corrected chi connectivity index (χ3v) is 6.98. The van der Waals surface area contributed by atoms with E-state index in [1.54, 1.807) is 40.1 Å². The first kappa shape index (κ1) is 17.2. The molecule has 0 aliphatic carbocycles. The predicted octanol–water partition coefficient (Wildman–Crippen LogP) is 0.0524. The number of carbonyl (C=O) groups excluding carboxylic acids is 2. The Morgan fingerprint density at radius 3 is 2.33 bits per heavy atom. The van der Waals surface area contributed by atoms with Gasteiger partial charge in [0.05, 0.1) is 16.5 Å². The van der Waals surface area contributed by atoms with Gasteiger partial charge >= 0.3 is 0 Å². The van der Waals surface area contributed by atoms with Gasteiger partial charge in [-0.2, -0.15) is 4.31 Å². The lowest BCUT2D eigenvalue weighted by molar-refractivity contribution is -0.138. The standard InChI is InChI=1S/C15H19N3O4S2/c19-14(10-17-12-23-11-15(17)20)16-6-8-18(9-7-16)24(21,22)13-4-2-1-3-5-13/h1-5H,6-12H2. The lowest BCUT2D eigenvalue weighted by Gasteiger charge is -2.34. The van der Waals surface area contributed by atoms with Gasteiger partial charge in [0.25, 0.3) is 0 Å². The molecule has 2 aliphatic rings. The van der Waals surface area contributed by atoms with E-state index >= 15 is 0 Å². The molecule has 9 heteroatoms. The third kappa shape index (κ3) is 3.57. The summed E-state index contributed by atoms with van der Waals surface area (Å²) < 4.78 is 26.5. The van der Waals surface area contributed by atoms with Crippen molar-refractivity contribution >= 4 is 33.6 Å². The number of nitrogens with zero attached hydrogens (tertiary/aromatic N) is 3. The van der Waals surface area contributed by atoms with Gasteiger partial charge < -0.3 is 9.80 Å². The van der Waals surface area contributed by atoms with Crippen LogP contribution in [0.15, 0.2) is 35.2 Å². The second-order valence-corrected chi connectivity index (χ2v) is 8.56. The van der Waals surface area contributed by atoms with Crippen LogP contribution in [-0.2, 0) is 19.6 Å². The fourth-order valence-electron chi connectivity index (χ4n) is 2.72. The molecule has 2 aliphatic heterocycles. The second kappa shape index (κ2) is 7.12. The van der Waals surface area contributed by atoms with Crippen molar-refractivity contribution in [3.8, 4) is 0 Å². The molecule has 3 rings (SSSR count). The molecule has 0 unspecified atom stereocenters. The Morgan fingerprint density at radius 1 is 1.08 bits per heavy atom. The first-order valence-corrected chi connectivity index (χ1v) is 10.3. The van der Waals surface area contributed by atoms with Gasteiger partial charge in [0.15, 0.2) is 0 Å². The van der Waals surface area contributed by atoms with Crippen molar-refractivity contribution in [1.29, 1.82) is 0 Å². The van der Waals surface area contributed by atoms with E-state index in [0.29, 0.717) is 24.7 Å². The Bertz CT molecular complexity index is 715. The smallest absolute Gasteiger partial charge is 0.243 e. The molecule has 2 amide bonds. The molecule has 0 N–H and O–H groups in total. The fourth-order valence-corrected chi connectivity index (χ4v) is 5.07. The van der Waals surface area contributed by atoms with Gasteiger partial charge in [0.1, 0.15) is 6.54 Å². The molecule has 130 valence electrons. The van der Waals surface area contributed by atoms with Crippen LogP contribution in [-0.4, -0.2) is 78.7 Å². The molecule has 1 aromatic carbocycles. The quantitative estimate of drug-likeness (QED) is 0.750. The molecule has 2 heterocycles. The first-order chi connectivity index (χ1) is 11.5. The van der Waals surface area contributed by atoms with Crippen LogP contribution in [0.3, 0.4) is 0 Å². The molecule has 0 aromatic heterocycles. The Hall–Kier alpha value is -1.58. The summed E-state index contributed by atoms with van der Waals surface area (Å²) in [6.45, 7) is 1.31. The molecule has 2 fully saturated rings. The summed E-state index contributed by atoms with van der Waals surface area (Å²) in [7, 11) is -3.51. The molecule has 24 heavy (non-hydrogen) atoms. The van der Waals surface area contributed by atoms with E-state index in [4.69, 9.17) is 0 Å². The van der Waals surface area contributed by atoms with Crippen molar-refractivity contribution in [3.63, 3.8) is 0 Å². The number of rotatable bonds is 4. The Morgan fingerprint density at radius 2 is 1.75 bits per heavy atom. The molecular formula is C15H19N3O4S2. The van der Waals surface area contributed by atoms with Crippen molar-refractivity contribution < 1.29 is 18.0 Å². The number of thioether (sulfide) groups is 1. The van der Waals surface area contributed by atoms with E-state index in [1.165, 1.54) is 16.1 Å². The van der Waals surface area contributed by atoms with Crippen molar-refractivity contribution in [3.05, 3.63) is 30.3 Å². The van der Waals surface area contributed by atoms with Crippen molar-refractivity contribution in [1.82, 2.24) is 14.1 Å². The number of piperazine rings is 1. The lowest BCUT2D eigenvalue weighted by Crippen LogP contribution is -2.52. The van der Waals surface area contributed by atoms with Crippen LogP contribution in [0.4, 0.5) is 0 Å². The van der Waals surface area contributed by atoms with E-state index in [-0.39, 0.29) is 36.3 Å². The van der Waals surface area contributed by atoms with Crippen LogP contribution in [0.1, 0.15) is 0 Å². The molecular weight excluding hydrogens is 350 g/mol. The zero-order valence-corrected chi connectivity index (χ0v) is 14.8. The summed E-state index contributed by atoms with van der Waals surface area (Å²) in [5, 5.41) is 0. The van der Waals surface area contributed by atoms with Crippen molar-refractivity contribution in [2.24, 2.45) is 0 Å². The van der Waals surface area contributed by atoms with Crippen LogP contribution in [0, 0.1) is 0 Å². The predicted molar refractivity (Wildman–Crippen MR) is 90.8 cm³/mol. The number of sulfonamides is 1. The minimum absolute atomic E-state index is 0.0151. The summed E-state index contributed by atoms with van der Waals surface area (Å²) in [6, 6.07) is 8.30. The summed E-state index contributed by atoms with van der Waals surface area (Å²) in [6.07, 6.45) is 0. The average molecular weight is 369 g/mol. The zero-order valence-electron chi connectivity index (χ0n) is 13.1. The minimum atomic E-state index is -3.51.